The van der Waals surface area contributed by atoms with E-state index in [1.54, 1.807) is 0 Å². The minimum Gasteiger partial charge on any atom is -0.339 e. The molecule has 0 aliphatic carbocycles. The molecule has 0 saturated carbocycles. The fourth-order valence-corrected chi connectivity index (χ4v) is 4.88. The molecule has 0 radical (unpaired) electrons. The Morgan fingerprint density at radius 1 is 1.00 bits per heavy atom. The van der Waals surface area contributed by atoms with Crippen LogP contribution >= 0.6 is 0 Å². The average molecular weight is 474 g/mol. The number of likely N-dealkylation sites (tertiary alicyclic amines) is 1. The molecule has 2 aromatic carbocycles. The van der Waals surface area contributed by atoms with Gasteiger partial charge >= 0.3 is 0 Å². The van der Waals surface area contributed by atoms with Gasteiger partial charge in [-0.25, -0.2) is 4.68 Å². The van der Waals surface area contributed by atoms with Crippen molar-refractivity contribution in [2.45, 2.75) is 46.1 Å². The largest absolute Gasteiger partial charge is 0.339 e. The van der Waals surface area contributed by atoms with Gasteiger partial charge in [0.2, 0.25) is 5.91 Å². The number of anilines is 1. The number of nitrogens with zero attached hydrogens (tertiary/aromatic N) is 4. The first kappa shape index (κ1) is 24.7. The van der Waals surface area contributed by atoms with E-state index in [0.717, 1.165) is 54.1 Å². The number of carbonyl (C=O) groups is 2. The Kier molecular flexibility index (Phi) is 7.98. The number of amides is 2. The summed E-state index contributed by atoms with van der Waals surface area (Å²) in [6.07, 6.45) is 2.71. The molecule has 184 valence electrons. The van der Waals surface area contributed by atoms with Crippen molar-refractivity contribution in [3.8, 4) is 5.69 Å². The van der Waals surface area contributed by atoms with Crippen LogP contribution in [0.1, 0.15) is 47.9 Å². The highest BCUT2D eigenvalue weighted by atomic mass is 16.2. The van der Waals surface area contributed by atoms with Crippen LogP contribution in [0.3, 0.4) is 0 Å². The van der Waals surface area contributed by atoms with Crippen molar-refractivity contribution in [2.75, 3.05) is 31.5 Å². The number of para-hydroxylation sites is 1. The van der Waals surface area contributed by atoms with Gasteiger partial charge in [-0.3, -0.25) is 14.5 Å². The number of rotatable bonds is 8. The zero-order valence-electron chi connectivity index (χ0n) is 20.9. The molecule has 0 unspecified atom stereocenters. The molecule has 1 aliphatic heterocycles. The number of hydrogen-bond donors (Lipinski definition) is 1. The predicted molar refractivity (Wildman–Crippen MR) is 139 cm³/mol. The third-order valence-corrected chi connectivity index (χ3v) is 6.70. The van der Waals surface area contributed by atoms with Crippen LogP contribution < -0.4 is 5.32 Å². The van der Waals surface area contributed by atoms with Gasteiger partial charge in [0.25, 0.3) is 5.91 Å². The second kappa shape index (κ2) is 11.3. The van der Waals surface area contributed by atoms with Gasteiger partial charge in [0.05, 0.1) is 29.3 Å². The second-order valence-electron chi connectivity index (χ2n) is 9.20. The molecule has 1 saturated heterocycles. The van der Waals surface area contributed by atoms with Gasteiger partial charge < -0.3 is 10.2 Å². The average Bonchev–Trinajstić information content (AvgIpc) is 3.17. The molecule has 2 heterocycles. The van der Waals surface area contributed by atoms with Crippen LogP contribution in [0.5, 0.6) is 0 Å². The van der Waals surface area contributed by atoms with Gasteiger partial charge in [-0.05, 0) is 63.9 Å². The summed E-state index contributed by atoms with van der Waals surface area (Å²) in [5.41, 5.74) is 4.19. The maximum atomic E-state index is 13.1. The molecule has 1 N–H and O–H groups in total. The summed E-state index contributed by atoms with van der Waals surface area (Å²) in [6, 6.07) is 19.7. The Bertz CT molecular complexity index is 1130. The zero-order chi connectivity index (χ0) is 24.8. The van der Waals surface area contributed by atoms with Crippen molar-refractivity contribution in [3.05, 3.63) is 77.6 Å². The van der Waals surface area contributed by atoms with Crippen molar-refractivity contribution >= 4 is 17.5 Å². The minimum atomic E-state index is -0.0277. The van der Waals surface area contributed by atoms with E-state index in [-0.39, 0.29) is 17.9 Å². The van der Waals surface area contributed by atoms with Crippen LogP contribution in [0.4, 0.5) is 5.69 Å². The van der Waals surface area contributed by atoms with Crippen molar-refractivity contribution in [2.24, 2.45) is 0 Å². The molecule has 0 bridgehead atoms. The molecule has 7 heteroatoms. The molecular formula is C28H35N5O2. The van der Waals surface area contributed by atoms with Gasteiger partial charge in [0.1, 0.15) is 0 Å². The van der Waals surface area contributed by atoms with E-state index >= 15 is 0 Å². The van der Waals surface area contributed by atoms with Gasteiger partial charge in [-0.1, -0.05) is 43.3 Å². The number of aromatic nitrogens is 2. The van der Waals surface area contributed by atoms with E-state index in [4.69, 9.17) is 0 Å². The van der Waals surface area contributed by atoms with E-state index < -0.39 is 0 Å². The Morgan fingerprint density at radius 3 is 2.26 bits per heavy atom. The minimum absolute atomic E-state index is 0.0277. The Hall–Kier alpha value is -3.45. The number of carbonyl (C=O) groups excluding carboxylic acids is 2. The molecule has 3 aromatic rings. The Labute approximate surface area is 207 Å². The fourth-order valence-electron chi connectivity index (χ4n) is 4.88. The summed E-state index contributed by atoms with van der Waals surface area (Å²) >= 11 is 0. The molecule has 4 rings (SSSR count). The number of piperidine rings is 1. The molecule has 7 nitrogen and oxygen atoms in total. The highest BCUT2D eigenvalue weighted by Crippen LogP contribution is 2.23. The van der Waals surface area contributed by atoms with Crippen LogP contribution in [0.15, 0.2) is 60.7 Å². The molecule has 1 aliphatic rings. The van der Waals surface area contributed by atoms with Crippen LogP contribution in [0, 0.1) is 13.8 Å². The summed E-state index contributed by atoms with van der Waals surface area (Å²) < 4.78 is 1.87. The topological polar surface area (TPSA) is 70.5 Å². The third-order valence-electron chi connectivity index (χ3n) is 6.70. The molecule has 1 aromatic heterocycles. The van der Waals surface area contributed by atoms with E-state index in [1.165, 1.54) is 0 Å². The first-order valence-electron chi connectivity index (χ1n) is 12.5. The maximum Gasteiger partial charge on any atom is 0.253 e. The van der Waals surface area contributed by atoms with E-state index in [9.17, 15) is 9.59 Å². The van der Waals surface area contributed by atoms with Crippen LogP contribution in [-0.2, 0) is 4.79 Å². The van der Waals surface area contributed by atoms with Crippen molar-refractivity contribution in [3.63, 3.8) is 0 Å². The van der Waals surface area contributed by atoms with E-state index in [0.29, 0.717) is 19.6 Å². The molecule has 0 spiro atoms. The summed E-state index contributed by atoms with van der Waals surface area (Å²) in [7, 11) is 0. The highest BCUT2D eigenvalue weighted by molar-refractivity contribution is 5.94. The molecule has 0 atom stereocenters. The lowest BCUT2D eigenvalue weighted by molar-refractivity contribution is -0.118. The molecule has 2 amide bonds. The van der Waals surface area contributed by atoms with Gasteiger partial charge in [0, 0.05) is 24.7 Å². The number of aryl methyl sites for hydroxylation is 1. The maximum absolute atomic E-state index is 13.1. The van der Waals surface area contributed by atoms with Gasteiger partial charge in [0.15, 0.2) is 0 Å². The fraction of sp³-hybridized carbons (Fsp3) is 0.393. The number of nitrogens with one attached hydrogen (secondary N) is 1. The van der Waals surface area contributed by atoms with E-state index in [1.807, 2.05) is 84.1 Å². The third kappa shape index (κ3) is 5.80. The smallest absolute Gasteiger partial charge is 0.253 e. The standard InChI is InChI=1S/C28H35N5O2/c1-4-17-32(24-15-18-31(19-16-24)28(35)23-11-7-5-8-12-23)20-26(34)29-27-21(2)30-33(22(27)3)25-13-9-6-10-14-25/h5-14,24H,4,15-20H2,1-3H3,(H,29,34). The summed E-state index contributed by atoms with van der Waals surface area (Å²) in [5, 5.41) is 7.76. The van der Waals surface area contributed by atoms with Gasteiger partial charge in [-0.2, -0.15) is 5.10 Å². The first-order valence-corrected chi connectivity index (χ1v) is 12.5. The summed E-state index contributed by atoms with van der Waals surface area (Å²) in [6.45, 7) is 8.64. The number of benzene rings is 2. The van der Waals surface area contributed by atoms with Crippen molar-refractivity contribution in [1.29, 1.82) is 0 Å². The van der Waals surface area contributed by atoms with Gasteiger partial charge in [-0.15, -0.1) is 0 Å². The lowest BCUT2D eigenvalue weighted by Crippen LogP contribution is -2.49. The van der Waals surface area contributed by atoms with Crippen molar-refractivity contribution < 1.29 is 9.59 Å². The number of hydrogen-bond acceptors (Lipinski definition) is 4. The van der Waals surface area contributed by atoms with Crippen LogP contribution in [-0.4, -0.2) is 63.6 Å². The molecular weight excluding hydrogens is 438 g/mol. The first-order chi connectivity index (χ1) is 17.0. The monoisotopic (exact) mass is 473 g/mol. The summed E-state index contributed by atoms with van der Waals surface area (Å²) in [4.78, 5) is 30.1. The lowest BCUT2D eigenvalue weighted by Gasteiger charge is -2.38. The quantitative estimate of drug-likeness (QED) is 0.525. The molecule has 1 fully saturated rings. The second-order valence-corrected chi connectivity index (χ2v) is 9.20. The predicted octanol–water partition coefficient (Wildman–Crippen LogP) is 4.44. The Balaban J connectivity index is 1.37. The lowest BCUT2D eigenvalue weighted by atomic mass is 10.0. The Morgan fingerprint density at radius 2 is 1.63 bits per heavy atom. The highest BCUT2D eigenvalue weighted by Gasteiger charge is 2.28. The van der Waals surface area contributed by atoms with E-state index in [2.05, 4.69) is 22.2 Å². The van der Waals surface area contributed by atoms with Crippen LogP contribution in [0.2, 0.25) is 0 Å². The normalized spacial score (nSPS) is 14.3. The van der Waals surface area contributed by atoms with Crippen molar-refractivity contribution in [1.82, 2.24) is 19.6 Å². The zero-order valence-corrected chi connectivity index (χ0v) is 20.9. The summed E-state index contributed by atoms with van der Waals surface area (Å²) in [5.74, 6) is 0.0604. The molecule has 35 heavy (non-hydrogen) atoms. The SMILES string of the molecule is CCCN(CC(=O)Nc1c(C)nn(-c2ccccc2)c1C)C1CCN(C(=O)c2ccccc2)CC1. The van der Waals surface area contributed by atoms with Crippen LogP contribution in [0.25, 0.3) is 5.69 Å².